The SMILES string of the molecule is CC(CNC(=O)OC(C)(C)C)CC(F)(F)C(=O)c1ccc(F)cc1. The van der Waals surface area contributed by atoms with Gasteiger partial charge in [0, 0.05) is 18.5 Å². The first-order chi connectivity index (χ1) is 10.9. The van der Waals surface area contributed by atoms with E-state index in [0.717, 1.165) is 24.3 Å². The molecule has 0 fully saturated rings. The minimum absolute atomic E-state index is 0.0544. The Morgan fingerprint density at radius 1 is 1.17 bits per heavy atom. The van der Waals surface area contributed by atoms with Crippen molar-refractivity contribution in [3.63, 3.8) is 0 Å². The van der Waals surface area contributed by atoms with Gasteiger partial charge in [0.2, 0.25) is 5.78 Å². The van der Waals surface area contributed by atoms with Gasteiger partial charge in [-0.1, -0.05) is 6.92 Å². The van der Waals surface area contributed by atoms with Crippen LogP contribution in [0.25, 0.3) is 0 Å². The Balaban J connectivity index is 2.57. The zero-order chi connectivity index (χ0) is 18.5. The molecule has 0 heterocycles. The quantitative estimate of drug-likeness (QED) is 0.787. The molecule has 0 aliphatic heterocycles. The number of hydrogen-bond acceptors (Lipinski definition) is 3. The summed E-state index contributed by atoms with van der Waals surface area (Å²) in [6, 6.07) is 3.96. The van der Waals surface area contributed by atoms with Crippen LogP contribution in [-0.2, 0) is 4.74 Å². The lowest BCUT2D eigenvalue weighted by molar-refractivity contribution is -0.00443. The second-order valence-corrected chi connectivity index (χ2v) is 6.73. The number of halogens is 3. The molecule has 1 rings (SSSR count). The van der Waals surface area contributed by atoms with Crippen LogP contribution < -0.4 is 5.32 Å². The van der Waals surface area contributed by atoms with Gasteiger partial charge in [-0.2, -0.15) is 8.78 Å². The first-order valence-corrected chi connectivity index (χ1v) is 7.56. The van der Waals surface area contributed by atoms with Crippen LogP contribution in [-0.4, -0.2) is 29.9 Å². The fraction of sp³-hybridized carbons (Fsp3) is 0.529. The standard InChI is InChI=1S/C17H22F3NO3/c1-11(10-21-15(23)24-16(2,3)4)9-17(19,20)14(22)12-5-7-13(18)8-6-12/h5-8,11H,9-10H2,1-4H3,(H,21,23). The van der Waals surface area contributed by atoms with E-state index >= 15 is 0 Å². The second kappa shape index (κ2) is 7.68. The monoisotopic (exact) mass is 345 g/mol. The van der Waals surface area contributed by atoms with Crippen molar-refractivity contribution in [2.75, 3.05) is 6.54 Å². The summed E-state index contributed by atoms with van der Waals surface area (Å²) in [5, 5.41) is 2.39. The first kappa shape index (κ1) is 20.0. The molecule has 134 valence electrons. The molecular weight excluding hydrogens is 323 g/mol. The topological polar surface area (TPSA) is 55.4 Å². The second-order valence-electron chi connectivity index (χ2n) is 6.73. The lowest BCUT2D eigenvalue weighted by Crippen LogP contribution is -2.37. The lowest BCUT2D eigenvalue weighted by atomic mass is 9.96. The largest absolute Gasteiger partial charge is 0.444 e. The smallest absolute Gasteiger partial charge is 0.407 e. The van der Waals surface area contributed by atoms with Crippen molar-refractivity contribution in [2.45, 2.75) is 45.6 Å². The normalized spacial score (nSPS) is 13.3. The molecule has 1 aromatic carbocycles. The van der Waals surface area contributed by atoms with E-state index in [4.69, 9.17) is 4.74 Å². The van der Waals surface area contributed by atoms with Gasteiger partial charge in [-0.25, -0.2) is 9.18 Å². The summed E-state index contributed by atoms with van der Waals surface area (Å²) in [6.07, 6.45) is -1.44. The Bertz CT molecular complexity index is 580. The number of hydrogen-bond donors (Lipinski definition) is 1. The summed E-state index contributed by atoms with van der Waals surface area (Å²) in [4.78, 5) is 23.3. The molecule has 0 radical (unpaired) electrons. The number of carbonyl (C=O) groups excluding carboxylic acids is 2. The number of Topliss-reactive ketones (excluding diaryl/α,β-unsaturated/α-hetero) is 1. The molecule has 1 N–H and O–H groups in total. The number of carbonyl (C=O) groups is 2. The molecule has 0 aliphatic carbocycles. The van der Waals surface area contributed by atoms with Crippen LogP contribution in [0.1, 0.15) is 44.5 Å². The van der Waals surface area contributed by atoms with Crippen LogP contribution >= 0.6 is 0 Å². The summed E-state index contributed by atoms with van der Waals surface area (Å²) in [7, 11) is 0. The Morgan fingerprint density at radius 2 is 1.71 bits per heavy atom. The molecule has 0 aromatic heterocycles. The Kier molecular flexibility index (Phi) is 6.40. The number of ether oxygens (including phenoxy) is 1. The number of alkyl halides is 2. The first-order valence-electron chi connectivity index (χ1n) is 7.56. The van der Waals surface area contributed by atoms with E-state index in [1.807, 2.05) is 0 Å². The molecule has 1 aromatic rings. The fourth-order valence-corrected chi connectivity index (χ4v) is 1.99. The number of ketones is 1. The molecule has 1 amide bonds. The number of nitrogens with one attached hydrogen (secondary N) is 1. The maximum atomic E-state index is 14.1. The summed E-state index contributed by atoms with van der Waals surface area (Å²) < 4.78 is 45.9. The van der Waals surface area contributed by atoms with Crippen molar-refractivity contribution in [2.24, 2.45) is 5.92 Å². The minimum atomic E-state index is -3.60. The highest BCUT2D eigenvalue weighted by Gasteiger charge is 2.40. The van der Waals surface area contributed by atoms with E-state index < -0.39 is 41.6 Å². The molecular formula is C17H22F3NO3. The molecule has 7 heteroatoms. The summed E-state index contributed by atoms with van der Waals surface area (Å²) >= 11 is 0. The molecule has 0 saturated carbocycles. The molecule has 24 heavy (non-hydrogen) atoms. The third-order valence-electron chi connectivity index (χ3n) is 3.04. The van der Waals surface area contributed by atoms with Gasteiger partial charge in [-0.15, -0.1) is 0 Å². The van der Waals surface area contributed by atoms with Crippen LogP contribution in [0, 0.1) is 11.7 Å². The number of benzene rings is 1. The highest BCUT2D eigenvalue weighted by Crippen LogP contribution is 2.28. The third kappa shape index (κ3) is 6.60. The van der Waals surface area contributed by atoms with E-state index in [9.17, 15) is 22.8 Å². The summed E-state index contributed by atoms with van der Waals surface area (Å²) in [5.41, 5.74) is -0.941. The summed E-state index contributed by atoms with van der Waals surface area (Å²) in [5.74, 6) is -6.24. The Hall–Kier alpha value is -2.05. The van der Waals surface area contributed by atoms with Crippen LogP contribution in [0.3, 0.4) is 0 Å². The van der Waals surface area contributed by atoms with Gasteiger partial charge in [0.25, 0.3) is 0 Å². The predicted molar refractivity (Wildman–Crippen MR) is 83.7 cm³/mol. The van der Waals surface area contributed by atoms with Crippen LogP contribution in [0.2, 0.25) is 0 Å². The highest BCUT2D eigenvalue weighted by atomic mass is 19.3. The van der Waals surface area contributed by atoms with Gasteiger partial charge >= 0.3 is 12.0 Å². The minimum Gasteiger partial charge on any atom is -0.444 e. The number of amides is 1. The van der Waals surface area contributed by atoms with E-state index in [2.05, 4.69) is 5.32 Å². The van der Waals surface area contributed by atoms with E-state index in [-0.39, 0.29) is 12.1 Å². The maximum Gasteiger partial charge on any atom is 0.407 e. The zero-order valence-electron chi connectivity index (χ0n) is 14.2. The van der Waals surface area contributed by atoms with Crippen molar-refractivity contribution in [1.29, 1.82) is 0 Å². The summed E-state index contributed by atoms with van der Waals surface area (Å²) in [6.45, 7) is 6.49. The molecule has 0 aliphatic rings. The van der Waals surface area contributed by atoms with Crippen molar-refractivity contribution in [1.82, 2.24) is 5.32 Å². The van der Waals surface area contributed by atoms with Crippen molar-refractivity contribution in [3.05, 3.63) is 35.6 Å². The van der Waals surface area contributed by atoms with Gasteiger partial charge in [-0.05, 0) is 51.0 Å². The molecule has 1 unspecified atom stereocenters. The van der Waals surface area contributed by atoms with Crippen molar-refractivity contribution < 1.29 is 27.5 Å². The van der Waals surface area contributed by atoms with Crippen LogP contribution in [0.4, 0.5) is 18.0 Å². The van der Waals surface area contributed by atoms with Crippen molar-refractivity contribution in [3.8, 4) is 0 Å². The Morgan fingerprint density at radius 3 is 2.21 bits per heavy atom. The van der Waals surface area contributed by atoms with Gasteiger partial charge in [0.1, 0.15) is 11.4 Å². The van der Waals surface area contributed by atoms with Gasteiger partial charge in [0.15, 0.2) is 0 Å². The third-order valence-corrected chi connectivity index (χ3v) is 3.04. The number of alkyl carbamates (subject to hydrolysis) is 1. The molecule has 0 bridgehead atoms. The van der Waals surface area contributed by atoms with E-state index in [1.54, 1.807) is 20.8 Å². The molecule has 0 saturated heterocycles. The van der Waals surface area contributed by atoms with Gasteiger partial charge in [-0.3, -0.25) is 4.79 Å². The highest BCUT2D eigenvalue weighted by molar-refractivity contribution is 6.01. The molecule has 4 nitrogen and oxygen atoms in total. The van der Waals surface area contributed by atoms with Crippen molar-refractivity contribution >= 4 is 11.9 Å². The molecule has 0 spiro atoms. The zero-order valence-corrected chi connectivity index (χ0v) is 14.2. The molecule has 1 atom stereocenters. The van der Waals surface area contributed by atoms with Crippen LogP contribution in [0.15, 0.2) is 24.3 Å². The maximum absolute atomic E-state index is 14.1. The van der Waals surface area contributed by atoms with Crippen LogP contribution in [0.5, 0.6) is 0 Å². The lowest BCUT2D eigenvalue weighted by Gasteiger charge is -2.22. The predicted octanol–water partition coefficient (Wildman–Crippen LogP) is 4.19. The van der Waals surface area contributed by atoms with Gasteiger partial charge < -0.3 is 10.1 Å². The average molecular weight is 345 g/mol. The Labute approximate surface area is 139 Å². The van der Waals surface area contributed by atoms with E-state index in [1.165, 1.54) is 6.92 Å². The number of rotatable bonds is 6. The average Bonchev–Trinajstić information content (AvgIpc) is 2.43. The fourth-order valence-electron chi connectivity index (χ4n) is 1.99. The van der Waals surface area contributed by atoms with E-state index in [0.29, 0.717) is 0 Å². The van der Waals surface area contributed by atoms with Gasteiger partial charge in [0.05, 0.1) is 0 Å².